The number of nitrogens with two attached hydrogens (primary N) is 2. The number of aliphatic hydroxyl groups is 2. The zero-order chi connectivity index (χ0) is 43.6. The van der Waals surface area contributed by atoms with Crippen LogP contribution in [0.5, 0.6) is 0 Å². The number of halogens is 2. The molecule has 32 heteroatoms. The summed E-state index contributed by atoms with van der Waals surface area (Å²) in [6, 6.07) is -0.941. The summed E-state index contributed by atoms with van der Waals surface area (Å²) < 4.78 is 86.4. The predicted molar refractivity (Wildman–Crippen MR) is 198 cm³/mol. The van der Waals surface area contributed by atoms with Gasteiger partial charge in [0.25, 0.3) is 5.76 Å². The van der Waals surface area contributed by atoms with E-state index in [1.165, 1.54) is 13.8 Å². The Labute approximate surface area is 336 Å². The lowest BCUT2D eigenvalue weighted by Crippen LogP contribution is -2.46. The van der Waals surface area contributed by atoms with Gasteiger partial charge in [-0.25, -0.2) is 28.6 Å². The number of aliphatic hydroxyl groups excluding tert-OH is 2. The summed E-state index contributed by atoms with van der Waals surface area (Å²) in [5.41, 5.74) is 9.84. The molecular weight excluding hydrogens is 891 g/mol. The van der Waals surface area contributed by atoms with Crippen molar-refractivity contribution in [1.29, 1.82) is 0 Å². The minimum Gasteiger partial charge on any atom is -0.386 e. The van der Waals surface area contributed by atoms with Crippen LogP contribution in [0.3, 0.4) is 0 Å². The lowest BCUT2D eigenvalue weighted by molar-refractivity contribution is -0.137. The minimum absolute atomic E-state index is 0.00511. The molecule has 0 radical (unpaired) electrons. The van der Waals surface area contributed by atoms with Crippen LogP contribution in [0.1, 0.15) is 32.9 Å². The molecule has 2 amide bonds. The van der Waals surface area contributed by atoms with Crippen molar-refractivity contribution in [1.82, 2.24) is 30.2 Å². The molecule has 3 heterocycles. The molecule has 1 saturated heterocycles. The van der Waals surface area contributed by atoms with Gasteiger partial charge in [-0.1, -0.05) is 37.4 Å². The van der Waals surface area contributed by atoms with E-state index in [1.54, 1.807) is 0 Å². The molecule has 0 bridgehead atoms. The zero-order valence-electron chi connectivity index (χ0n) is 30.4. The van der Waals surface area contributed by atoms with Gasteiger partial charge in [-0.15, -0.1) is 0 Å². The first-order chi connectivity index (χ1) is 26.8. The fraction of sp³-hybridized carbons (Fsp3) is 0.692. The molecule has 8 atom stereocenters. The number of imidazole rings is 1. The summed E-state index contributed by atoms with van der Waals surface area (Å²) in [7, 11) is -16.5. The Balaban J connectivity index is 1.46. The summed E-state index contributed by atoms with van der Waals surface area (Å²) in [6.07, 6.45) is -7.10. The van der Waals surface area contributed by atoms with Gasteiger partial charge in [-0.2, -0.15) is 13.1 Å². The number of amides is 2. The van der Waals surface area contributed by atoms with Crippen molar-refractivity contribution in [3.8, 4) is 0 Å². The minimum atomic E-state index is -5.60. The van der Waals surface area contributed by atoms with Crippen LogP contribution in [0.25, 0.3) is 11.2 Å². The molecule has 1 aliphatic rings. The van der Waals surface area contributed by atoms with E-state index < -0.39 is 101 Å². The third kappa shape index (κ3) is 15.6. The molecule has 2 aromatic heterocycles. The van der Waals surface area contributed by atoms with Gasteiger partial charge in [0.1, 0.15) is 36.3 Å². The number of carbonyl (C=O) groups excluding carboxylic acids is 3. The number of aromatic nitrogens is 4. The number of nitrogen functional groups attached to an aromatic ring is 1. The fourth-order valence-electron chi connectivity index (χ4n) is 4.79. The van der Waals surface area contributed by atoms with Crippen molar-refractivity contribution >= 4 is 80.9 Å². The van der Waals surface area contributed by atoms with Crippen LogP contribution in [0.2, 0.25) is 0 Å². The van der Waals surface area contributed by atoms with Crippen molar-refractivity contribution < 1.29 is 89.3 Å². The maximum Gasteiger partial charge on any atom is 0.481 e. The van der Waals surface area contributed by atoms with E-state index >= 15 is 0 Å². The Hall–Kier alpha value is -2.27. The van der Waals surface area contributed by atoms with Gasteiger partial charge in [0.05, 0.1) is 25.6 Å². The van der Waals surface area contributed by atoms with Gasteiger partial charge in [-0.05, 0) is 6.42 Å². The highest BCUT2D eigenvalue weighted by atomic mass is 32.2. The average Bonchev–Trinajstić information content (AvgIpc) is 3.67. The number of carbonyl (C=O) groups is 3. The quantitative estimate of drug-likeness (QED) is 0.0461. The Bertz CT molecular complexity index is 1880. The molecule has 1 fully saturated rings. The van der Waals surface area contributed by atoms with Gasteiger partial charge in [0.2, 0.25) is 16.9 Å². The largest absolute Gasteiger partial charge is 0.481 e. The number of nitrogens with zero attached hydrogens (tertiary/aromatic N) is 4. The number of thioether (sulfide) groups is 2. The summed E-state index contributed by atoms with van der Waals surface area (Å²) in [6.45, 7) is 0.124. The van der Waals surface area contributed by atoms with Crippen LogP contribution in [0.4, 0.5) is 14.6 Å². The second-order valence-corrected chi connectivity index (χ2v) is 19.2. The van der Waals surface area contributed by atoms with E-state index in [9.17, 15) is 66.6 Å². The normalized spacial score (nSPS) is 22.0. The van der Waals surface area contributed by atoms with E-state index in [2.05, 4.69) is 34.4 Å². The van der Waals surface area contributed by atoms with Crippen LogP contribution < -0.4 is 22.1 Å². The Morgan fingerprint density at radius 1 is 1.05 bits per heavy atom. The van der Waals surface area contributed by atoms with E-state index in [1.807, 2.05) is 0 Å². The number of hydrogen-bond donors (Lipinski definition) is 10. The molecule has 330 valence electrons. The van der Waals surface area contributed by atoms with E-state index in [4.69, 9.17) is 25.3 Å². The van der Waals surface area contributed by atoms with Gasteiger partial charge in [0, 0.05) is 36.4 Å². The van der Waals surface area contributed by atoms with Crippen molar-refractivity contribution in [3.05, 3.63) is 12.7 Å². The molecule has 0 spiro atoms. The Morgan fingerprint density at radius 3 is 2.38 bits per heavy atom. The first kappa shape index (κ1) is 50.1. The number of phosphoric acid groups is 3. The van der Waals surface area contributed by atoms with E-state index in [0.717, 1.165) is 29.0 Å². The van der Waals surface area contributed by atoms with Crippen LogP contribution in [0, 0.1) is 5.41 Å². The fourth-order valence-corrected chi connectivity index (χ4v) is 8.93. The highest BCUT2D eigenvalue weighted by molar-refractivity contribution is 8.13. The summed E-state index contributed by atoms with van der Waals surface area (Å²) in [4.78, 5) is 87.5. The SMILES string of the molecule is CC(C)(COP(=O)(O)OP(=O)(O)OCC1OC(n2cnc3c(N)ncnc32)C(O)C1OP(=O)(O)O)C(O)C(=O)NCCC(=O)NCCSC(=O)C(N)CCSC(F)F. The number of fused-ring (bicyclic) bond motifs is 1. The topological polar surface area (TPSA) is 390 Å². The molecule has 1 aliphatic heterocycles. The monoisotopic (exact) mass is 934 g/mol. The van der Waals surface area contributed by atoms with Gasteiger partial charge in [-0.3, -0.25) is 32.5 Å². The number of phosphoric ester groups is 3. The predicted octanol–water partition coefficient (Wildman–Crippen LogP) is -0.662. The van der Waals surface area contributed by atoms with Crippen molar-refractivity contribution in [2.75, 3.05) is 43.5 Å². The van der Waals surface area contributed by atoms with Gasteiger partial charge in [0.15, 0.2) is 17.7 Å². The number of nitrogens with one attached hydrogen (secondary N) is 2. The smallest absolute Gasteiger partial charge is 0.386 e. The summed E-state index contributed by atoms with van der Waals surface area (Å²) in [5, 5.41) is 25.8. The van der Waals surface area contributed by atoms with Crippen LogP contribution in [-0.4, -0.2) is 140 Å². The van der Waals surface area contributed by atoms with E-state index in [0.29, 0.717) is 11.8 Å². The standard InChI is InChI=1S/C26H43F2N8O17P3S2/c1-26(2,19(39)22(40)32-5-3-15(37)31-6-8-57-24(41)13(29)4-7-58-25(27)28)10-50-56(47,48)53-55(45,46)49-9-14-18(52-54(42,43)44)17(38)23(51-14)36-12-35-16-20(30)33-11-34-21(16)36/h11-14,17-19,23,25,38-39H,3-10,29H2,1-2H3,(H,31,37)(H,32,40)(H,45,46)(H,47,48)(H2,30,33,34)(H2,42,43,44). The van der Waals surface area contributed by atoms with Crippen LogP contribution in [-0.2, 0) is 50.7 Å². The summed E-state index contributed by atoms with van der Waals surface area (Å²) >= 11 is 1.18. The lowest BCUT2D eigenvalue weighted by atomic mass is 9.87. The molecule has 25 nitrogen and oxygen atoms in total. The molecule has 0 aromatic carbocycles. The van der Waals surface area contributed by atoms with E-state index in [-0.39, 0.29) is 54.4 Å². The molecular formula is C26H43F2N8O17P3S2. The molecule has 0 saturated carbocycles. The number of hydrogen-bond acceptors (Lipinski definition) is 20. The first-order valence-corrected chi connectivity index (χ1v) is 23.1. The maximum absolute atomic E-state index is 12.7. The molecule has 2 aromatic rings. The lowest BCUT2D eigenvalue weighted by Gasteiger charge is -2.30. The summed E-state index contributed by atoms with van der Waals surface area (Å²) in [5.74, 6) is -4.05. The number of ether oxygens (including phenoxy) is 1. The third-order valence-corrected chi connectivity index (χ3v) is 12.5. The molecule has 3 rings (SSSR count). The second-order valence-electron chi connectivity index (χ2n) is 12.8. The highest BCUT2D eigenvalue weighted by Gasteiger charge is 2.50. The molecule has 12 N–H and O–H groups in total. The molecule has 58 heavy (non-hydrogen) atoms. The Morgan fingerprint density at radius 2 is 1.72 bits per heavy atom. The number of alkyl halides is 2. The first-order valence-electron chi connectivity index (χ1n) is 16.5. The molecule has 8 unspecified atom stereocenters. The number of rotatable bonds is 24. The van der Waals surface area contributed by atoms with Crippen molar-refractivity contribution in [2.24, 2.45) is 11.1 Å². The average molecular weight is 935 g/mol. The van der Waals surface area contributed by atoms with Crippen molar-refractivity contribution in [3.63, 3.8) is 0 Å². The highest BCUT2D eigenvalue weighted by Crippen LogP contribution is 2.61. The Kier molecular flexibility index (Phi) is 18.6. The van der Waals surface area contributed by atoms with Crippen LogP contribution in [0.15, 0.2) is 12.7 Å². The second kappa shape index (κ2) is 21.5. The van der Waals surface area contributed by atoms with Gasteiger partial charge >= 0.3 is 23.5 Å². The zero-order valence-corrected chi connectivity index (χ0v) is 34.7. The van der Waals surface area contributed by atoms with Crippen LogP contribution >= 0.6 is 47.0 Å². The number of anilines is 1. The van der Waals surface area contributed by atoms with Crippen molar-refractivity contribution in [2.45, 2.75) is 69.1 Å². The third-order valence-electron chi connectivity index (χ3n) is 7.72. The van der Waals surface area contributed by atoms with Gasteiger partial charge < -0.3 is 56.6 Å². The maximum atomic E-state index is 12.7. The molecule has 0 aliphatic carbocycles.